The van der Waals surface area contributed by atoms with E-state index in [2.05, 4.69) is 0 Å². The standard InChI is InChI=1S/C21H19FO2/c22-19-9-7-18(8-10-19)20-14-16(12-13-23)6-11-21(20)24-15-17-4-2-1-3-5-17/h1-11,14,23H,12-13,15H2. The number of hydrogen-bond donors (Lipinski definition) is 1. The maximum absolute atomic E-state index is 13.2. The first-order chi connectivity index (χ1) is 11.8. The Morgan fingerprint density at radius 2 is 1.58 bits per heavy atom. The monoisotopic (exact) mass is 322 g/mol. The van der Waals surface area contributed by atoms with Crippen LogP contribution in [0.25, 0.3) is 11.1 Å². The molecule has 0 aliphatic heterocycles. The predicted molar refractivity (Wildman–Crippen MR) is 93.4 cm³/mol. The van der Waals surface area contributed by atoms with E-state index in [0.29, 0.717) is 13.0 Å². The van der Waals surface area contributed by atoms with Gasteiger partial charge in [0.15, 0.2) is 0 Å². The van der Waals surface area contributed by atoms with Crippen molar-refractivity contribution in [3.05, 3.63) is 89.7 Å². The summed E-state index contributed by atoms with van der Waals surface area (Å²) >= 11 is 0. The second-order valence-corrected chi connectivity index (χ2v) is 5.59. The van der Waals surface area contributed by atoms with Gasteiger partial charge in [-0.3, -0.25) is 0 Å². The molecule has 122 valence electrons. The van der Waals surface area contributed by atoms with Gasteiger partial charge in [0.2, 0.25) is 0 Å². The Labute approximate surface area is 141 Å². The van der Waals surface area contributed by atoms with Crippen molar-refractivity contribution in [1.29, 1.82) is 0 Å². The molecule has 0 bridgehead atoms. The van der Waals surface area contributed by atoms with Gasteiger partial charge in [-0.1, -0.05) is 48.5 Å². The minimum atomic E-state index is -0.267. The first-order valence-corrected chi connectivity index (χ1v) is 7.93. The van der Waals surface area contributed by atoms with Crippen LogP contribution in [0.1, 0.15) is 11.1 Å². The SMILES string of the molecule is OCCc1ccc(OCc2ccccc2)c(-c2ccc(F)cc2)c1. The zero-order valence-corrected chi connectivity index (χ0v) is 13.3. The van der Waals surface area contributed by atoms with E-state index in [1.54, 1.807) is 12.1 Å². The summed E-state index contributed by atoms with van der Waals surface area (Å²) in [6.07, 6.45) is 0.577. The topological polar surface area (TPSA) is 29.5 Å². The molecule has 0 spiro atoms. The fourth-order valence-corrected chi connectivity index (χ4v) is 2.58. The maximum Gasteiger partial charge on any atom is 0.127 e. The minimum absolute atomic E-state index is 0.0904. The van der Waals surface area contributed by atoms with Gasteiger partial charge in [0, 0.05) is 12.2 Å². The van der Waals surface area contributed by atoms with Gasteiger partial charge in [-0.05, 0) is 47.4 Å². The van der Waals surface area contributed by atoms with Crippen LogP contribution < -0.4 is 4.74 Å². The normalized spacial score (nSPS) is 10.6. The Morgan fingerprint density at radius 3 is 2.29 bits per heavy atom. The molecule has 3 aromatic rings. The Balaban J connectivity index is 1.90. The van der Waals surface area contributed by atoms with Crippen molar-refractivity contribution in [1.82, 2.24) is 0 Å². The van der Waals surface area contributed by atoms with E-state index in [0.717, 1.165) is 28.0 Å². The van der Waals surface area contributed by atoms with E-state index in [4.69, 9.17) is 9.84 Å². The van der Waals surface area contributed by atoms with Gasteiger partial charge in [0.05, 0.1) is 0 Å². The molecule has 3 heteroatoms. The average molecular weight is 322 g/mol. The number of ether oxygens (including phenoxy) is 1. The second kappa shape index (κ2) is 7.75. The van der Waals surface area contributed by atoms with Crippen molar-refractivity contribution in [2.75, 3.05) is 6.61 Å². The van der Waals surface area contributed by atoms with E-state index in [9.17, 15) is 4.39 Å². The van der Waals surface area contributed by atoms with Gasteiger partial charge in [0.1, 0.15) is 18.2 Å². The van der Waals surface area contributed by atoms with Gasteiger partial charge in [-0.2, -0.15) is 0 Å². The molecule has 2 nitrogen and oxygen atoms in total. The van der Waals surface area contributed by atoms with E-state index in [1.807, 2.05) is 48.5 Å². The number of halogens is 1. The molecule has 0 aliphatic carbocycles. The molecule has 3 aromatic carbocycles. The predicted octanol–water partition coefficient (Wildman–Crippen LogP) is 4.61. The molecule has 3 rings (SSSR count). The zero-order chi connectivity index (χ0) is 16.8. The number of hydrogen-bond acceptors (Lipinski definition) is 2. The van der Waals surface area contributed by atoms with Crippen LogP contribution in [-0.4, -0.2) is 11.7 Å². The van der Waals surface area contributed by atoms with Crippen molar-refractivity contribution < 1.29 is 14.2 Å². The molecule has 0 amide bonds. The molecule has 0 fully saturated rings. The number of rotatable bonds is 6. The quantitative estimate of drug-likeness (QED) is 0.718. The molecule has 0 unspecified atom stereocenters. The Kier molecular flexibility index (Phi) is 5.24. The molecule has 0 aromatic heterocycles. The van der Waals surface area contributed by atoms with Gasteiger partial charge < -0.3 is 9.84 Å². The van der Waals surface area contributed by atoms with Crippen LogP contribution in [0.3, 0.4) is 0 Å². The molecule has 0 radical (unpaired) electrons. The number of aliphatic hydroxyl groups excluding tert-OH is 1. The highest BCUT2D eigenvalue weighted by atomic mass is 19.1. The Bertz CT molecular complexity index is 783. The molecule has 0 aliphatic rings. The average Bonchev–Trinajstić information content (AvgIpc) is 2.62. The smallest absolute Gasteiger partial charge is 0.127 e. The molecular formula is C21H19FO2. The Morgan fingerprint density at radius 1 is 0.833 bits per heavy atom. The third kappa shape index (κ3) is 4.00. The summed E-state index contributed by atoms with van der Waals surface area (Å²) in [6, 6.07) is 22.1. The second-order valence-electron chi connectivity index (χ2n) is 5.59. The lowest BCUT2D eigenvalue weighted by Gasteiger charge is -2.14. The van der Waals surface area contributed by atoms with Crippen LogP contribution >= 0.6 is 0 Å². The van der Waals surface area contributed by atoms with Crippen molar-refractivity contribution in [3.63, 3.8) is 0 Å². The van der Waals surface area contributed by atoms with Gasteiger partial charge in [0.25, 0.3) is 0 Å². The van der Waals surface area contributed by atoms with E-state index in [1.165, 1.54) is 12.1 Å². The van der Waals surface area contributed by atoms with E-state index >= 15 is 0 Å². The summed E-state index contributed by atoms with van der Waals surface area (Å²) < 4.78 is 19.2. The van der Waals surface area contributed by atoms with Gasteiger partial charge in [-0.25, -0.2) is 4.39 Å². The van der Waals surface area contributed by atoms with Crippen LogP contribution in [-0.2, 0) is 13.0 Å². The number of benzene rings is 3. The summed E-state index contributed by atoms with van der Waals surface area (Å²) in [4.78, 5) is 0. The lowest BCUT2D eigenvalue weighted by Crippen LogP contribution is -1.98. The fourth-order valence-electron chi connectivity index (χ4n) is 2.58. The van der Waals surface area contributed by atoms with Crippen molar-refractivity contribution >= 4 is 0 Å². The maximum atomic E-state index is 13.2. The summed E-state index contributed by atoms with van der Waals surface area (Å²) in [7, 11) is 0. The van der Waals surface area contributed by atoms with Crippen molar-refractivity contribution in [3.8, 4) is 16.9 Å². The molecule has 0 saturated carbocycles. The highest BCUT2D eigenvalue weighted by molar-refractivity contribution is 5.71. The van der Waals surface area contributed by atoms with Crippen LogP contribution in [0.5, 0.6) is 5.75 Å². The highest BCUT2D eigenvalue weighted by Crippen LogP contribution is 2.32. The first kappa shape index (κ1) is 16.2. The lowest BCUT2D eigenvalue weighted by molar-refractivity contribution is 0.298. The lowest BCUT2D eigenvalue weighted by atomic mass is 10.0. The molecular weight excluding hydrogens is 303 g/mol. The molecule has 0 atom stereocenters. The Hall–Kier alpha value is -2.65. The summed E-state index contributed by atoms with van der Waals surface area (Å²) in [5.74, 6) is 0.476. The van der Waals surface area contributed by atoms with Crippen LogP contribution in [0.4, 0.5) is 4.39 Å². The first-order valence-electron chi connectivity index (χ1n) is 7.93. The molecule has 24 heavy (non-hydrogen) atoms. The largest absolute Gasteiger partial charge is 0.488 e. The van der Waals surface area contributed by atoms with Crippen LogP contribution in [0, 0.1) is 5.82 Å². The van der Waals surface area contributed by atoms with Crippen LogP contribution in [0.15, 0.2) is 72.8 Å². The third-order valence-electron chi connectivity index (χ3n) is 3.84. The fraction of sp³-hybridized carbons (Fsp3) is 0.143. The minimum Gasteiger partial charge on any atom is -0.488 e. The van der Waals surface area contributed by atoms with Crippen molar-refractivity contribution in [2.45, 2.75) is 13.0 Å². The van der Waals surface area contributed by atoms with Crippen LogP contribution in [0.2, 0.25) is 0 Å². The van der Waals surface area contributed by atoms with E-state index < -0.39 is 0 Å². The summed E-state index contributed by atoms with van der Waals surface area (Å²) in [5, 5.41) is 9.16. The van der Waals surface area contributed by atoms with Crippen molar-refractivity contribution in [2.24, 2.45) is 0 Å². The molecule has 1 N–H and O–H groups in total. The van der Waals surface area contributed by atoms with E-state index in [-0.39, 0.29) is 12.4 Å². The summed E-state index contributed by atoms with van der Waals surface area (Å²) in [5.41, 5.74) is 3.89. The molecule has 0 saturated heterocycles. The molecule has 0 heterocycles. The third-order valence-corrected chi connectivity index (χ3v) is 3.84. The summed E-state index contributed by atoms with van der Waals surface area (Å²) in [6.45, 7) is 0.557. The number of aliphatic hydroxyl groups is 1. The van der Waals surface area contributed by atoms with Gasteiger partial charge >= 0.3 is 0 Å². The zero-order valence-electron chi connectivity index (χ0n) is 13.3. The van der Waals surface area contributed by atoms with Gasteiger partial charge in [-0.15, -0.1) is 0 Å². The highest BCUT2D eigenvalue weighted by Gasteiger charge is 2.09.